The molecule has 17 heavy (non-hydrogen) atoms. The van der Waals surface area contributed by atoms with Gasteiger partial charge in [-0.15, -0.1) is 0 Å². The molecule has 0 heterocycles. The highest BCUT2D eigenvalue weighted by molar-refractivity contribution is 6.63. The zero-order valence-corrected chi connectivity index (χ0v) is 11.4. The summed E-state index contributed by atoms with van der Waals surface area (Å²) in [5, 5.41) is 0. The highest BCUT2D eigenvalue weighted by Gasteiger charge is 2.75. The Morgan fingerprint density at radius 3 is 1.29 bits per heavy atom. The minimum absolute atomic E-state index is 0.131. The summed E-state index contributed by atoms with van der Waals surface area (Å²) in [5.41, 5.74) is -4.46. The summed E-state index contributed by atoms with van der Waals surface area (Å²) in [5.74, 6) is -4.27. The maximum atomic E-state index is 13.7. The molecule has 0 N–H and O–H groups in total. The van der Waals surface area contributed by atoms with Gasteiger partial charge in [0.05, 0.1) is 0 Å². The molecular weight excluding hydrogens is 260 g/mol. The summed E-state index contributed by atoms with van der Waals surface area (Å²) >= 11 is 0. The lowest BCUT2D eigenvalue weighted by Crippen LogP contribution is -2.67. The van der Waals surface area contributed by atoms with Crippen LogP contribution in [0.1, 0.15) is 27.7 Å². The highest BCUT2D eigenvalue weighted by Crippen LogP contribution is 2.42. The third kappa shape index (κ3) is 3.40. The van der Waals surface area contributed by atoms with Crippen LogP contribution < -0.4 is 0 Å². The molecule has 0 aromatic carbocycles. The number of hydrogen-bond acceptors (Lipinski definition) is 3. The van der Waals surface area contributed by atoms with Crippen molar-refractivity contribution in [3.63, 3.8) is 0 Å². The normalized spacial score (nSPS) is 14.1. The molecule has 0 aliphatic rings. The van der Waals surface area contributed by atoms with Crippen LogP contribution in [-0.2, 0) is 13.3 Å². The molecule has 0 fully saturated rings. The number of hydrogen-bond donors (Lipinski definition) is 0. The maximum Gasteiger partial charge on any atom is 0.581 e. The van der Waals surface area contributed by atoms with Gasteiger partial charge in [-0.05, 0) is 20.8 Å². The molecule has 3 nitrogen and oxygen atoms in total. The van der Waals surface area contributed by atoms with Gasteiger partial charge < -0.3 is 13.3 Å². The van der Waals surface area contributed by atoms with Crippen LogP contribution in [-0.4, -0.2) is 40.1 Å². The smallest absolute Gasteiger partial charge is 0.370 e. The van der Waals surface area contributed by atoms with Gasteiger partial charge in [-0.3, -0.25) is 0 Å². The van der Waals surface area contributed by atoms with E-state index >= 15 is 0 Å². The van der Waals surface area contributed by atoms with Crippen LogP contribution >= 0.6 is 0 Å². The van der Waals surface area contributed by atoms with E-state index in [4.69, 9.17) is 13.3 Å². The van der Waals surface area contributed by atoms with Crippen molar-refractivity contribution in [2.75, 3.05) is 19.8 Å². The molecule has 0 amide bonds. The van der Waals surface area contributed by atoms with Gasteiger partial charge in [0.2, 0.25) is 0 Å². The zero-order valence-electron chi connectivity index (χ0n) is 10.4. The summed E-state index contributed by atoms with van der Waals surface area (Å²) in [4.78, 5) is 0. The van der Waals surface area contributed by atoms with Crippen molar-refractivity contribution in [2.45, 2.75) is 39.2 Å². The average Bonchev–Trinajstić information content (AvgIpc) is 2.16. The van der Waals surface area contributed by atoms with E-state index in [2.05, 4.69) is 0 Å². The molecule has 0 aliphatic heterocycles. The fourth-order valence-corrected chi connectivity index (χ4v) is 3.71. The van der Waals surface area contributed by atoms with E-state index in [1.807, 2.05) is 0 Å². The molecule has 0 spiro atoms. The van der Waals surface area contributed by atoms with Gasteiger partial charge in [0.15, 0.2) is 0 Å². The van der Waals surface area contributed by atoms with E-state index in [1.165, 1.54) is 20.8 Å². The second-order valence-electron chi connectivity index (χ2n) is 3.32. The average molecular weight is 278 g/mol. The number of rotatable bonds is 8. The fourth-order valence-electron chi connectivity index (χ4n) is 1.24. The lowest BCUT2D eigenvalue weighted by molar-refractivity contribution is -0.189. The summed E-state index contributed by atoms with van der Waals surface area (Å²) in [6.45, 7) is 3.84. The van der Waals surface area contributed by atoms with Gasteiger partial charge in [0.1, 0.15) is 0 Å². The predicted octanol–water partition coefficient (Wildman–Crippen LogP) is 2.86. The number of alkyl halides is 4. The molecule has 0 saturated carbocycles. The minimum Gasteiger partial charge on any atom is -0.370 e. The van der Waals surface area contributed by atoms with E-state index in [9.17, 15) is 17.6 Å². The Bertz CT molecular complexity index is 216. The lowest BCUT2D eigenvalue weighted by atomic mass is 10.4. The Morgan fingerprint density at radius 2 is 1.12 bits per heavy atom. The third-order valence-corrected chi connectivity index (χ3v) is 5.15. The quantitative estimate of drug-likeness (QED) is 0.505. The standard InChI is InChI=1S/C9H18F4O3Si/c1-5-14-17(15-6-2,16-7-3)9(12,13)8(4,10)11/h5-7H2,1-4H3. The van der Waals surface area contributed by atoms with Gasteiger partial charge in [0, 0.05) is 26.7 Å². The van der Waals surface area contributed by atoms with Crippen molar-refractivity contribution in [2.24, 2.45) is 0 Å². The van der Waals surface area contributed by atoms with Crippen LogP contribution in [0.3, 0.4) is 0 Å². The van der Waals surface area contributed by atoms with E-state index in [1.54, 1.807) is 0 Å². The van der Waals surface area contributed by atoms with Crippen molar-refractivity contribution in [1.29, 1.82) is 0 Å². The first kappa shape index (κ1) is 16.8. The molecule has 0 unspecified atom stereocenters. The van der Waals surface area contributed by atoms with Crippen molar-refractivity contribution in [3.05, 3.63) is 0 Å². The number of halogens is 4. The van der Waals surface area contributed by atoms with Crippen LogP contribution in [0.5, 0.6) is 0 Å². The molecule has 0 aliphatic carbocycles. The first-order valence-electron chi connectivity index (χ1n) is 5.36. The topological polar surface area (TPSA) is 27.7 Å². The van der Waals surface area contributed by atoms with Gasteiger partial charge in [-0.2, -0.15) is 8.78 Å². The molecular formula is C9H18F4O3Si. The van der Waals surface area contributed by atoms with Crippen molar-refractivity contribution < 1.29 is 30.8 Å². The summed E-state index contributed by atoms with van der Waals surface area (Å²) in [7, 11) is -4.74. The molecule has 0 bridgehead atoms. The molecule has 0 rings (SSSR count). The SMILES string of the molecule is CCO[Si](OCC)(OCC)C(F)(F)C(C)(F)F. The summed E-state index contributed by atoms with van der Waals surface area (Å²) in [6.07, 6.45) is 0. The van der Waals surface area contributed by atoms with Crippen LogP contribution in [0.4, 0.5) is 17.6 Å². The summed E-state index contributed by atoms with van der Waals surface area (Å²) < 4.78 is 67.8. The molecule has 8 heteroatoms. The van der Waals surface area contributed by atoms with Gasteiger partial charge in [0.25, 0.3) is 0 Å². The Hall–Kier alpha value is -0.183. The van der Waals surface area contributed by atoms with E-state index < -0.39 is 20.3 Å². The van der Waals surface area contributed by atoms with Crippen LogP contribution in [0, 0.1) is 0 Å². The fraction of sp³-hybridized carbons (Fsp3) is 1.00. The predicted molar refractivity (Wildman–Crippen MR) is 56.2 cm³/mol. The second kappa shape index (κ2) is 6.12. The maximum absolute atomic E-state index is 13.7. The molecule has 0 aromatic rings. The van der Waals surface area contributed by atoms with Crippen LogP contribution in [0.2, 0.25) is 0 Å². The van der Waals surface area contributed by atoms with Crippen molar-refractivity contribution in [1.82, 2.24) is 0 Å². The van der Waals surface area contributed by atoms with Gasteiger partial charge in [-0.25, -0.2) is 8.78 Å². The third-order valence-electron chi connectivity index (χ3n) is 1.94. The molecule has 0 aromatic heterocycles. The largest absolute Gasteiger partial charge is 0.581 e. The van der Waals surface area contributed by atoms with E-state index in [-0.39, 0.29) is 26.7 Å². The monoisotopic (exact) mass is 278 g/mol. The molecule has 0 radical (unpaired) electrons. The molecule has 0 atom stereocenters. The zero-order chi connectivity index (χ0) is 13.7. The van der Waals surface area contributed by atoms with Crippen LogP contribution in [0.15, 0.2) is 0 Å². The molecule has 104 valence electrons. The highest BCUT2D eigenvalue weighted by atomic mass is 28.4. The van der Waals surface area contributed by atoms with Crippen molar-refractivity contribution in [3.8, 4) is 0 Å². The van der Waals surface area contributed by atoms with Gasteiger partial charge in [-0.1, -0.05) is 0 Å². The van der Waals surface area contributed by atoms with E-state index in [0.717, 1.165) is 0 Å². The minimum atomic E-state index is -4.74. The first-order chi connectivity index (χ1) is 7.68. The Labute approximate surface area is 99.4 Å². The first-order valence-corrected chi connectivity index (χ1v) is 7.08. The Morgan fingerprint density at radius 1 is 0.824 bits per heavy atom. The van der Waals surface area contributed by atoms with Crippen molar-refractivity contribution >= 4 is 8.80 Å². The second-order valence-corrected chi connectivity index (χ2v) is 5.92. The van der Waals surface area contributed by atoms with Gasteiger partial charge >= 0.3 is 20.3 Å². The van der Waals surface area contributed by atoms with E-state index in [0.29, 0.717) is 0 Å². The summed E-state index contributed by atoms with van der Waals surface area (Å²) in [6, 6.07) is 0. The Kier molecular flexibility index (Phi) is 6.06. The Balaban J connectivity index is 5.38. The lowest BCUT2D eigenvalue weighted by Gasteiger charge is -2.36. The molecule has 0 saturated heterocycles. The van der Waals surface area contributed by atoms with Crippen LogP contribution in [0.25, 0.3) is 0 Å².